The molecule has 0 aromatic heterocycles. The summed E-state index contributed by atoms with van der Waals surface area (Å²) >= 11 is 0. The first-order chi connectivity index (χ1) is 10.9. The third kappa shape index (κ3) is 5.54. The molecule has 4 nitrogen and oxygen atoms in total. The van der Waals surface area contributed by atoms with E-state index in [-0.39, 0.29) is 11.3 Å². The molecule has 1 saturated heterocycles. The van der Waals surface area contributed by atoms with Crippen LogP contribution < -0.4 is 4.74 Å². The Hall–Kier alpha value is -1.55. The molecule has 23 heavy (non-hydrogen) atoms. The van der Waals surface area contributed by atoms with Crippen LogP contribution in [0.2, 0.25) is 0 Å². The zero-order valence-corrected chi connectivity index (χ0v) is 14.5. The van der Waals surface area contributed by atoms with Crippen molar-refractivity contribution in [1.82, 2.24) is 4.90 Å². The van der Waals surface area contributed by atoms with E-state index in [0.717, 1.165) is 44.6 Å². The van der Waals surface area contributed by atoms with Gasteiger partial charge in [-0.15, -0.1) is 0 Å². The quantitative estimate of drug-likeness (QED) is 0.815. The van der Waals surface area contributed by atoms with E-state index < -0.39 is 5.97 Å². The summed E-state index contributed by atoms with van der Waals surface area (Å²) < 4.78 is 5.87. The highest BCUT2D eigenvalue weighted by molar-refractivity contribution is 5.70. The normalized spacial score (nSPS) is 17.2. The SMILES string of the molecule is CC(C)(C)c1cccc(OCCCN2CCC(C(=O)O)CC2)c1. The molecule has 4 heteroatoms. The van der Waals surface area contributed by atoms with Gasteiger partial charge in [-0.25, -0.2) is 0 Å². The van der Waals surface area contributed by atoms with Crippen LogP contribution in [-0.4, -0.2) is 42.2 Å². The molecule has 0 saturated carbocycles. The predicted molar refractivity (Wildman–Crippen MR) is 92.1 cm³/mol. The summed E-state index contributed by atoms with van der Waals surface area (Å²) in [5.41, 5.74) is 1.42. The fourth-order valence-electron chi connectivity index (χ4n) is 2.93. The van der Waals surface area contributed by atoms with Crippen molar-refractivity contribution in [3.63, 3.8) is 0 Å². The Morgan fingerprint density at radius 3 is 2.61 bits per heavy atom. The van der Waals surface area contributed by atoms with Crippen molar-refractivity contribution in [2.24, 2.45) is 5.92 Å². The van der Waals surface area contributed by atoms with Gasteiger partial charge in [-0.05, 0) is 55.5 Å². The monoisotopic (exact) mass is 319 g/mol. The number of benzene rings is 1. The molecule has 0 aliphatic carbocycles. The number of carbonyl (C=O) groups is 1. The molecule has 1 N–H and O–H groups in total. The third-order valence-electron chi connectivity index (χ3n) is 4.52. The van der Waals surface area contributed by atoms with Gasteiger partial charge in [0.15, 0.2) is 0 Å². The van der Waals surface area contributed by atoms with Gasteiger partial charge in [0.2, 0.25) is 0 Å². The number of hydrogen-bond donors (Lipinski definition) is 1. The molecule has 1 heterocycles. The van der Waals surface area contributed by atoms with Gasteiger partial charge in [0.1, 0.15) is 5.75 Å². The Balaban J connectivity index is 1.69. The molecule has 0 spiro atoms. The number of hydrogen-bond acceptors (Lipinski definition) is 3. The molecule has 2 rings (SSSR count). The number of piperidine rings is 1. The van der Waals surface area contributed by atoms with Crippen molar-refractivity contribution in [3.8, 4) is 5.75 Å². The minimum Gasteiger partial charge on any atom is -0.494 e. The molecule has 1 aromatic carbocycles. The summed E-state index contributed by atoms with van der Waals surface area (Å²) in [5.74, 6) is 0.136. The van der Waals surface area contributed by atoms with E-state index in [9.17, 15) is 4.79 Å². The van der Waals surface area contributed by atoms with Crippen molar-refractivity contribution >= 4 is 5.97 Å². The molecule has 1 aliphatic heterocycles. The Labute approximate surface area is 139 Å². The second-order valence-electron chi connectivity index (χ2n) is 7.43. The maximum absolute atomic E-state index is 10.9. The maximum atomic E-state index is 10.9. The molecule has 1 fully saturated rings. The highest BCUT2D eigenvalue weighted by Gasteiger charge is 2.23. The summed E-state index contributed by atoms with van der Waals surface area (Å²) in [7, 11) is 0. The zero-order chi connectivity index (χ0) is 16.9. The number of likely N-dealkylation sites (tertiary alicyclic amines) is 1. The molecule has 0 bridgehead atoms. The van der Waals surface area contributed by atoms with Crippen LogP contribution in [0.1, 0.15) is 45.6 Å². The van der Waals surface area contributed by atoms with Gasteiger partial charge < -0.3 is 14.7 Å². The molecule has 0 atom stereocenters. The number of carboxylic acid groups (broad SMARTS) is 1. The van der Waals surface area contributed by atoms with E-state index in [2.05, 4.69) is 37.8 Å². The van der Waals surface area contributed by atoms with Crippen LogP contribution in [0.25, 0.3) is 0 Å². The van der Waals surface area contributed by atoms with Crippen LogP contribution in [0.15, 0.2) is 24.3 Å². The zero-order valence-electron chi connectivity index (χ0n) is 14.5. The van der Waals surface area contributed by atoms with Crippen LogP contribution in [0, 0.1) is 5.92 Å². The highest BCUT2D eigenvalue weighted by atomic mass is 16.5. The average molecular weight is 319 g/mol. The number of nitrogens with zero attached hydrogens (tertiary/aromatic N) is 1. The number of aliphatic carboxylic acids is 1. The van der Waals surface area contributed by atoms with Crippen LogP contribution in [0.5, 0.6) is 5.75 Å². The highest BCUT2D eigenvalue weighted by Crippen LogP contribution is 2.25. The summed E-state index contributed by atoms with van der Waals surface area (Å²) in [5, 5.41) is 9.01. The smallest absolute Gasteiger partial charge is 0.306 e. The summed E-state index contributed by atoms with van der Waals surface area (Å²) in [6, 6.07) is 8.32. The van der Waals surface area contributed by atoms with E-state index in [1.807, 2.05) is 12.1 Å². The van der Waals surface area contributed by atoms with Gasteiger partial charge in [0.25, 0.3) is 0 Å². The molecule has 1 aliphatic rings. The van der Waals surface area contributed by atoms with E-state index in [1.54, 1.807) is 0 Å². The number of rotatable bonds is 6. The predicted octanol–water partition coefficient (Wildman–Crippen LogP) is 3.55. The average Bonchev–Trinajstić information content (AvgIpc) is 2.51. The fraction of sp³-hybridized carbons (Fsp3) is 0.632. The van der Waals surface area contributed by atoms with Gasteiger partial charge >= 0.3 is 5.97 Å². The van der Waals surface area contributed by atoms with Gasteiger partial charge in [-0.3, -0.25) is 4.79 Å². The lowest BCUT2D eigenvalue weighted by molar-refractivity contribution is -0.143. The van der Waals surface area contributed by atoms with E-state index in [0.29, 0.717) is 6.61 Å². The first-order valence-electron chi connectivity index (χ1n) is 8.55. The van der Waals surface area contributed by atoms with Gasteiger partial charge in [-0.2, -0.15) is 0 Å². The van der Waals surface area contributed by atoms with Crippen molar-refractivity contribution in [1.29, 1.82) is 0 Å². The van der Waals surface area contributed by atoms with Crippen molar-refractivity contribution < 1.29 is 14.6 Å². The summed E-state index contributed by atoms with van der Waals surface area (Å²) in [6.07, 6.45) is 2.51. The molecule has 1 aromatic rings. The van der Waals surface area contributed by atoms with Gasteiger partial charge in [0.05, 0.1) is 12.5 Å². The molecule has 0 amide bonds. The van der Waals surface area contributed by atoms with E-state index in [1.165, 1.54) is 5.56 Å². The minimum absolute atomic E-state index is 0.133. The summed E-state index contributed by atoms with van der Waals surface area (Å²) in [4.78, 5) is 13.3. The fourth-order valence-corrected chi connectivity index (χ4v) is 2.93. The molecule has 0 radical (unpaired) electrons. The standard InChI is InChI=1S/C19H29NO3/c1-19(2,3)16-6-4-7-17(14-16)23-13-5-10-20-11-8-15(9-12-20)18(21)22/h4,6-7,14-15H,5,8-13H2,1-3H3,(H,21,22). The third-order valence-corrected chi connectivity index (χ3v) is 4.52. The second-order valence-corrected chi connectivity index (χ2v) is 7.43. The van der Waals surface area contributed by atoms with Crippen molar-refractivity contribution in [2.75, 3.05) is 26.2 Å². The Bertz CT molecular complexity index is 514. The second kappa shape index (κ2) is 7.82. The first-order valence-corrected chi connectivity index (χ1v) is 8.55. The van der Waals surface area contributed by atoms with Crippen molar-refractivity contribution in [3.05, 3.63) is 29.8 Å². The largest absolute Gasteiger partial charge is 0.494 e. The topological polar surface area (TPSA) is 49.8 Å². The van der Waals surface area contributed by atoms with Crippen LogP contribution in [0.3, 0.4) is 0 Å². The lowest BCUT2D eigenvalue weighted by Gasteiger charge is -2.29. The number of carboxylic acids is 1. The maximum Gasteiger partial charge on any atom is 0.306 e. The Morgan fingerprint density at radius 2 is 2.00 bits per heavy atom. The van der Waals surface area contributed by atoms with Crippen LogP contribution in [0.4, 0.5) is 0 Å². The van der Waals surface area contributed by atoms with Crippen molar-refractivity contribution in [2.45, 2.75) is 45.4 Å². The number of ether oxygens (including phenoxy) is 1. The lowest BCUT2D eigenvalue weighted by Crippen LogP contribution is -2.37. The van der Waals surface area contributed by atoms with E-state index >= 15 is 0 Å². The minimum atomic E-state index is -0.647. The Kier molecular flexibility index (Phi) is 6.05. The molecule has 128 valence electrons. The van der Waals surface area contributed by atoms with Crippen LogP contribution in [-0.2, 0) is 10.2 Å². The molecule has 0 unspecified atom stereocenters. The van der Waals surface area contributed by atoms with Gasteiger partial charge in [-0.1, -0.05) is 32.9 Å². The van der Waals surface area contributed by atoms with Crippen LogP contribution >= 0.6 is 0 Å². The lowest BCUT2D eigenvalue weighted by atomic mass is 9.87. The van der Waals surface area contributed by atoms with E-state index in [4.69, 9.17) is 9.84 Å². The summed E-state index contributed by atoms with van der Waals surface area (Å²) in [6.45, 7) is 10.1. The molecular weight excluding hydrogens is 290 g/mol. The molecular formula is C19H29NO3. The Morgan fingerprint density at radius 1 is 1.30 bits per heavy atom. The first kappa shape index (κ1) is 17.8. The van der Waals surface area contributed by atoms with Gasteiger partial charge in [0, 0.05) is 6.54 Å².